The lowest BCUT2D eigenvalue weighted by molar-refractivity contribution is 0.0950. The third kappa shape index (κ3) is 4.05. The Morgan fingerprint density at radius 2 is 2.22 bits per heavy atom. The number of amides is 3. The number of nitrogens with zero attached hydrogens (tertiary/aromatic N) is 4. The summed E-state index contributed by atoms with van der Waals surface area (Å²) in [6.07, 6.45) is 2.51. The third-order valence-corrected chi connectivity index (χ3v) is 3.22. The van der Waals surface area contributed by atoms with Crippen LogP contribution in [0.2, 0.25) is 0 Å². The van der Waals surface area contributed by atoms with Crippen molar-refractivity contribution in [3.8, 4) is 0 Å². The molecule has 2 heterocycles. The van der Waals surface area contributed by atoms with E-state index in [0.717, 1.165) is 6.42 Å². The van der Waals surface area contributed by atoms with Crippen LogP contribution in [0.3, 0.4) is 0 Å². The van der Waals surface area contributed by atoms with Crippen LogP contribution < -0.4 is 16.0 Å². The van der Waals surface area contributed by atoms with Gasteiger partial charge in [0.2, 0.25) is 5.89 Å². The van der Waals surface area contributed by atoms with Gasteiger partial charge in [-0.3, -0.25) is 10.1 Å². The van der Waals surface area contributed by atoms with Crippen LogP contribution in [0, 0.1) is 0 Å². The molecule has 10 heteroatoms. The van der Waals surface area contributed by atoms with Crippen LogP contribution in [0.4, 0.5) is 10.6 Å². The zero-order valence-electron chi connectivity index (χ0n) is 13.2. The van der Waals surface area contributed by atoms with Crippen molar-refractivity contribution in [2.45, 2.75) is 32.9 Å². The lowest BCUT2D eigenvalue weighted by Gasteiger charge is -2.14. The molecule has 3 N–H and O–H groups in total. The molecule has 0 spiro atoms. The molecular formula is C13H19N7O3. The summed E-state index contributed by atoms with van der Waals surface area (Å²) in [7, 11) is 1.46. The maximum atomic E-state index is 11.9. The minimum absolute atomic E-state index is 0.00724. The number of rotatable bonds is 6. The molecule has 0 aromatic carbocycles. The Kier molecular flexibility index (Phi) is 5.28. The van der Waals surface area contributed by atoms with Gasteiger partial charge in [-0.15, -0.1) is 0 Å². The highest BCUT2D eigenvalue weighted by Crippen LogP contribution is 2.16. The van der Waals surface area contributed by atoms with Gasteiger partial charge in [-0.05, 0) is 13.3 Å². The van der Waals surface area contributed by atoms with E-state index in [9.17, 15) is 9.59 Å². The molecule has 0 aliphatic carbocycles. The molecule has 0 aliphatic rings. The van der Waals surface area contributed by atoms with Crippen molar-refractivity contribution in [2.75, 3.05) is 12.4 Å². The number of anilines is 1. The summed E-state index contributed by atoms with van der Waals surface area (Å²) >= 11 is 0. The van der Waals surface area contributed by atoms with E-state index in [0.29, 0.717) is 5.82 Å². The molecule has 23 heavy (non-hydrogen) atoms. The molecule has 2 aromatic rings. The van der Waals surface area contributed by atoms with Crippen LogP contribution in [0.5, 0.6) is 0 Å². The highest BCUT2D eigenvalue weighted by molar-refractivity contribution is 5.90. The lowest BCUT2D eigenvalue weighted by Crippen LogP contribution is -2.29. The van der Waals surface area contributed by atoms with Crippen molar-refractivity contribution in [3.05, 3.63) is 24.0 Å². The van der Waals surface area contributed by atoms with E-state index in [1.54, 1.807) is 16.9 Å². The number of hydrogen-bond acceptors (Lipinski definition) is 6. The first kappa shape index (κ1) is 16.5. The quantitative estimate of drug-likeness (QED) is 0.726. The average molecular weight is 321 g/mol. The second kappa shape index (κ2) is 7.38. The van der Waals surface area contributed by atoms with Gasteiger partial charge in [-0.1, -0.05) is 12.1 Å². The highest BCUT2D eigenvalue weighted by Gasteiger charge is 2.14. The Morgan fingerprint density at radius 1 is 1.43 bits per heavy atom. The lowest BCUT2D eigenvalue weighted by atomic mass is 10.3. The van der Waals surface area contributed by atoms with E-state index in [4.69, 9.17) is 4.52 Å². The monoisotopic (exact) mass is 321 g/mol. The summed E-state index contributed by atoms with van der Waals surface area (Å²) in [5.41, 5.74) is 0. The van der Waals surface area contributed by atoms with Gasteiger partial charge in [-0.25, -0.2) is 9.48 Å². The van der Waals surface area contributed by atoms with E-state index >= 15 is 0 Å². The van der Waals surface area contributed by atoms with Gasteiger partial charge < -0.3 is 15.2 Å². The van der Waals surface area contributed by atoms with E-state index < -0.39 is 11.9 Å². The molecule has 2 aromatic heterocycles. The average Bonchev–Trinajstić information content (AvgIpc) is 3.20. The van der Waals surface area contributed by atoms with Crippen molar-refractivity contribution in [3.63, 3.8) is 0 Å². The predicted octanol–water partition coefficient (Wildman–Crippen LogP) is 0.918. The Labute approximate surface area is 132 Å². The number of nitrogens with one attached hydrogen (secondary N) is 3. The molecule has 124 valence electrons. The molecule has 0 saturated carbocycles. The molecule has 0 fully saturated rings. The normalized spacial score (nSPS) is 11.8. The summed E-state index contributed by atoms with van der Waals surface area (Å²) in [5.74, 6) is 0.184. The van der Waals surface area contributed by atoms with Crippen molar-refractivity contribution < 1.29 is 14.1 Å². The van der Waals surface area contributed by atoms with Crippen molar-refractivity contribution in [1.82, 2.24) is 30.6 Å². The molecule has 3 amide bonds. The van der Waals surface area contributed by atoms with Gasteiger partial charge in [0.15, 0.2) is 0 Å². The minimum Gasteiger partial charge on any atom is -0.352 e. The summed E-state index contributed by atoms with van der Waals surface area (Å²) in [6.45, 7) is 4.05. The Morgan fingerprint density at radius 3 is 2.91 bits per heavy atom. The van der Waals surface area contributed by atoms with Crippen LogP contribution in [0.1, 0.15) is 42.8 Å². The molecular weight excluding hydrogens is 302 g/mol. The third-order valence-electron chi connectivity index (χ3n) is 3.22. The SMILES string of the molecule is CC[C@H](C)n1nccc1NC(=O)NCc1nc(C(=O)NC)no1. The fraction of sp³-hybridized carbons (Fsp3) is 0.462. The fourth-order valence-corrected chi connectivity index (χ4v) is 1.78. The van der Waals surface area contributed by atoms with Gasteiger partial charge in [-0.2, -0.15) is 10.1 Å². The van der Waals surface area contributed by atoms with Gasteiger partial charge >= 0.3 is 6.03 Å². The molecule has 0 unspecified atom stereocenters. The Bertz CT molecular complexity index is 679. The number of carbonyl (C=O) groups excluding carboxylic acids is 2. The zero-order valence-corrected chi connectivity index (χ0v) is 13.2. The first-order valence-electron chi connectivity index (χ1n) is 7.18. The molecule has 0 bridgehead atoms. The van der Waals surface area contributed by atoms with Crippen LogP contribution in [0.25, 0.3) is 0 Å². The van der Waals surface area contributed by atoms with Crippen molar-refractivity contribution >= 4 is 17.8 Å². The summed E-state index contributed by atoms with van der Waals surface area (Å²) < 4.78 is 6.60. The maximum absolute atomic E-state index is 11.9. The standard InChI is InChI=1S/C13H19N7O3/c1-4-8(2)20-9(5-6-16-20)17-13(22)15-7-10-18-11(19-23-10)12(21)14-3/h5-6,8H,4,7H2,1-3H3,(H,14,21)(H2,15,17,22)/t8-/m0/s1. The number of hydrogen-bond donors (Lipinski definition) is 3. The maximum Gasteiger partial charge on any atom is 0.320 e. The number of carbonyl (C=O) groups is 2. The van der Waals surface area contributed by atoms with E-state index in [1.807, 2.05) is 13.8 Å². The van der Waals surface area contributed by atoms with Gasteiger partial charge in [0.25, 0.3) is 11.7 Å². The van der Waals surface area contributed by atoms with Gasteiger partial charge in [0.1, 0.15) is 5.82 Å². The minimum atomic E-state index is -0.457. The van der Waals surface area contributed by atoms with E-state index in [1.165, 1.54) is 7.05 Å². The molecule has 0 saturated heterocycles. The Hall–Kier alpha value is -2.91. The number of urea groups is 1. The fourth-order valence-electron chi connectivity index (χ4n) is 1.78. The second-order valence-electron chi connectivity index (χ2n) is 4.82. The number of aromatic nitrogens is 4. The van der Waals surface area contributed by atoms with Gasteiger partial charge in [0, 0.05) is 13.1 Å². The van der Waals surface area contributed by atoms with Crippen molar-refractivity contribution in [1.29, 1.82) is 0 Å². The van der Waals surface area contributed by atoms with E-state index in [2.05, 4.69) is 31.2 Å². The molecule has 0 aliphatic heterocycles. The summed E-state index contributed by atoms with van der Waals surface area (Å²) in [5, 5.41) is 15.3. The van der Waals surface area contributed by atoms with E-state index in [-0.39, 0.29) is 24.3 Å². The smallest absolute Gasteiger partial charge is 0.320 e. The van der Waals surface area contributed by atoms with Crippen LogP contribution in [-0.2, 0) is 6.54 Å². The summed E-state index contributed by atoms with van der Waals surface area (Å²) in [4.78, 5) is 27.1. The molecule has 0 radical (unpaired) electrons. The molecule has 1 atom stereocenters. The highest BCUT2D eigenvalue weighted by atomic mass is 16.5. The predicted molar refractivity (Wildman–Crippen MR) is 80.8 cm³/mol. The second-order valence-corrected chi connectivity index (χ2v) is 4.82. The van der Waals surface area contributed by atoms with Crippen molar-refractivity contribution in [2.24, 2.45) is 0 Å². The summed E-state index contributed by atoms with van der Waals surface area (Å²) in [6, 6.07) is 1.45. The largest absolute Gasteiger partial charge is 0.352 e. The van der Waals surface area contributed by atoms with Crippen LogP contribution in [0.15, 0.2) is 16.8 Å². The molecule has 10 nitrogen and oxygen atoms in total. The molecule has 2 rings (SSSR count). The zero-order chi connectivity index (χ0) is 16.8. The van der Waals surface area contributed by atoms with Gasteiger partial charge in [0.05, 0.1) is 18.8 Å². The topological polar surface area (TPSA) is 127 Å². The first-order valence-corrected chi connectivity index (χ1v) is 7.18. The van der Waals surface area contributed by atoms with Crippen LogP contribution in [-0.4, -0.2) is 38.9 Å². The first-order chi connectivity index (χ1) is 11.0. The van der Waals surface area contributed by atoms with Crippen LogP contribution >= 0.6 is 0 Å². The Balaban J connectivity index is 1.89.